The maximum Gasteiger partial charge on any atom is 0.431 e. The molecule has 0 saturated heterocycles. The Morgan fingerprint density at radius 3 is 2.65 bits per heavy atom. The van der Waals surface area contributed by atoms with E-state index in [1.807, 2.05) is 0 Å². The van der Waals surface area contributed by atoms with Gasteiger partial charge in [0.15, 0.2) is 0 Å². The highest BCUT2D eigenvalue weighted by Gasteiger charge is 2.37. The zero-order valence-corrected chi connectivity index (χ0v) is 10.5. The van der Waals surface area contributed by atoms with Crippen LogP contribution in [0.5, 0.6) is 0 Å². The van der Waals surface area contributed by atoms with Gasteiger partial charge in [0, 0.05) is 16.5 Å². The van der Waals surface area contributed by atoms with Crippen molar-refractivity contribution in [2.75, 3.05) is 6.61 Å². The van der Waals surface area contributed by atoms with Gasteiger partial charge in [0.2, 0.25) is 0 Å². The van der Waals surface area contributed by atoms with Gasteiger partial charge in [-0.2, -0.15) is 13.2 Å². The third-order valence-corrected chi connectivity index (χ3v) is 2.78. The Hall–Kier alpha value is -2.05. The molecule has 0 aliphatic carbocycles. The SMILES string of the molecule is CCOC(=O)Cc1c(C(F)(F)F)[nH]c2ccc(F)cc12. The fourth-order valence-electron chi connectivity index (χ4n) is 2.00. The summed E-state index contributed by atoms with van der Waals surface area (Å²) in [6.45, 7) is 1.62. The number of H-pyrrole nitrogens is 1. The molecule has 0 amide bonds. The first-order valence-electron chi connectivity index (χ1n) is 5.86. The molecule has 20 heavy (non-hydrogen) atoms. The van der Waals surface area contributed by atoms with Crippen LogP contribution in [-0.4, -0.2) is 17.6 Å². The van der Waals surface area contributed by atoms with Crippen molar-refractivity contribution >= 4 is 16.9 Å². The van der Waals surface area contributed by atoms with E-state index in [0.29, 0.717) is 0 Å². The van der Waals surface area contributed by atoms with Gasteiger partial charge in [-0.05, 0) is 25.1 Å². The van der Waals surface area contributed by atoms with Crippen LogP contribution in [0.3, 0.4) is 0 Å². The topological polar surface area (TPSA) is 42.1 Å². The maximum absolute atomic E-state index is 13.2. The molecule has 0 unspecified atom stereocenters. The Morgan fingerprint density at radius 2 is 2.05 bits per heavy atom. The van der Waals surface area contributed by atoms with Gasteiger partial charge in [-0.15, -0.1) is 0 Å². The van der Waals surface area contributed by atoms with Crippen LogP contribution in [0, 0.1) is 5.82 Å². The monoisotopic (exact) mass is 289 g/mol. The number of hydrogen-bond acceptors (Lipinski definition) is 2. The minimum absolute atomic E-state index is 0.0328. The van der Waals surface area contributed by atoms with Crippen molar-refractivity contribution in [2.45, 2.75) is 19.5 Å². The lowest BCUT2D eigenvalue weighted by Gasteiger charge is -2.08. The van der Waals surface area contributed by atoms with Crippen LogP contribution in [0.4, 0.5) is 17.6 Å². The summed E-state index contributed by atoms with van der Waals surface area (Å²) in [5.41, 5.74) is -1.23. The molecular weight excluding hydrogens is 278 g/mol. The molecule has 1 heterocycles. The van der Waals surface area contributed by atoms with E-state index in [0.717, 1.165) is 12.1 Å². The third kappa shape index (κ3) is 2.76. The number of fused-ring (bicyclic) bond motifs is 1. The lowest BCUT2D eigenvalue weighted by Crippen LogP contribution is -2.13. The van der Waals surface area contributed by atoms with Gasteiger partial charge in [0.25, 0.3) is 0 Å². The standard InChI is InChI=1S/C13H11F4NO2/c1-2-20-11(19)6-9-8-5-7(14)3-4-10(8)18-12(9)13(15,16)17/h3-5,18H,2,6H2,1H3. The van der Waals surface area contributed by atoms with Crippen LogP contribution < -0.4 is 0 Å². The Labute approximate surface area is 111 Å². The Bertz CT molecular complexity index is 646. The van der Waals surface area contributed by atoms with E-state index in [1.54, 1.807) is 6.92 Å². The number of benzene rings is 1. The number of hydrogen-bond donors (Lipinski definition) is 1. The van der Waals surface area contributed by atoms with E-state index in [1.165, 1.54) is 6.07 Å². The molecule has 3 nitrogen and oxygen atoms in total. The van der Waals surface area contributed by atoms with Gasteiger partial charge in [-0.25, -0.2) is 4.39 Å². The molecule has 108 valence electrons. The summed E-state index contributed by atoms with van der Waals surface area (Å²) < 4.78 is 56.7. The minimum Gasteiger partial charge on any atom is -0.466 e. The summed E-state index contributed by atoms with van der Waals surface area (Å²) in [5.74, 6) is -1.46. The quantitative estimate of drug-likeness (QED) is 0.695. The van der Waals surface area contributed by atoms with Crippen LogP contribution in [0.1, 0.15) is 18.2 Å². The van der Waals surface area contributed by atoms with Gasteiger partial charge >= 0.3 is 12.1 Å². The fourth-order valence-corrected chi connectivity index (χ4v) is 2.00. The number of ether oxygens (including phenoxy) is 1. The molecule has 0 radical (unpaired) electrons. The highest BCUT2D eigenvalue weighted by atomic mass is 19.4. The molecule has 0 spiro atoms. The Balaban J connectivity index is 2.57. The van der Waals surface area contributed by atoms with E-state index in [-0.39, 0.29) is 23.1 Å². The minimum atomic E-state index is -4.66. The van der Waals surface area contributed by atoms with Crippen molar-refractivity contribution in [1.29, 1.82) is 0 Å². The number of carbonyl (C=O) groups excluding carboxylic acids is 1. The molecule has 0 aliphatic heterocycles. The number of esters is 1. The Morgan fingerprint density at radius 1 is 1.35 bits per heavy atom. The molecule has 0 bridgehead atoms. The highest BCUT2D eigenvalue weighted by Crippen LogP contribution is 2.36. The Kier molecular flexibility index (Phi) is 3.69. The summed E-state index contributed by atoms with van der Waals surface area (Å²) >= 11 is 0. The van der Waals surface area contributed by atoms with Gasteiger partial charge in [-0.1, -0.05) is 0 Å². The lowest BCUT2D eigenvalue weighted by molar-refractivity contribution is -0.144. The summed E-state index contributed by atoms with van der Waals surface area (Å²) in [4.78, 5) is 13.6. The molecule has 2 rings (SSSR count). The predicted molar refractivity (Wildman–Crippen MR) is 63.6 cm³/mol. The van der Waals surface area contributed by atoms with E-state index >= 15 is 0 Å². The average Bonchev–Trinajstić information content (AvgIpc) is 2.68. The lowest BCUT2D eigenvalue weighted by atomic mass is 10.1. The van der Waals surface area contributed by atoms with Crippen molar-refractivity contribution in [3.05, 3.63) is 35.3 Å². The number of aromatic nitrogens is 1. The molecule has 0 saturated carbocycles. The largest absolute Gasteiger partial charge is 0.466 e. The van der Waals surface area contributed by atoms with Gasteiger partial charge < -0.3 is 9.72 Å². The molecule has 0 aliphatic rings. The molecule has 0 atom stereocenters. The van der Waals surface area contributed by atoms with Crippen LogP contribution in [0.15, 0.2) is 18.2 Å². The van der Waals surface area contributed by atoms with Gasteiger partial charge in [-0.3, -0.25) is 4.79 Å². The third-order valence-electron chi connectivity index (χ3n) is 2.78. The molecule has 1 aromatic carbocycles. The van der Waals surface area contributed by atoms with Crippen molar-refractivity contribution in [1.82, 2.24) is 4.98 Å². The zero-order valence-electron chi connectivity index (χ0n) is 10.5. The first-order chi connectivity index (χ1) is 9.32. The molecule has 0 fully saturated rings. The first kappa shape index (κ1) is 14.4. The van der Waals surface area contributed by atoms with E-state index in [4.69, 9.17) is 0 Å². The van der Waals surface area contributed by atoms with E-state index in [9.17, 15) is 22.4 Å². The van der Waals surface area contributed by atoms with Crippen LogP contribution in [0.25, 0.3) is 10.9 Å². The average molecular weight is 289 g/mol. The molecule has 7 heteroatoms. The summed E-state index contributed by atoms with van der Waals surface area (Å²) in [7, 11) is 0. The number of carbonyl (C=O) groups is 1. The molecule has 1 aromatic heterocycles. The van der Waals surface area contributed by atoms with Gasteiger partial charge in [0.05, 0.1) is 13.0 Å². The number of rotatable bonds is 3. The maximum atomic E-state index is 13.2. The second kappa shape index (κ2) is 5.15. The van der Waals surface area contributed by atoms with Crippen LogP contribution in [0.2, 0.25) is 0 Å². The summed E-state index contributed by atoms with van der Waals surface area (Å²) in [6.07, 6.45) is -5.22. The van der Waals surface area contributed by atoms with Crippen molar-refractivity contribution in [3.8, 4) is 0 Å². The van der Waals surface area contributed by atoms with Crippen molar-refractivity contribution in [3.63, 3.8) is 0 Å². The zero-order chi connectivity index (χ0) is 14.9. The number of halogens is 4. The number of aromatic amines is 1. The number of nitrogens with one attached hydrogen (secondary N) is 1. The second-order valence-electron chi connectivity index (χ2n) is 4.15. The fraction of sp³-hybridized carbons (Fsp3) is 0.308. The first-order valence-corrected chi connectivity index (χ1v) is 5.86. The van der Waals surface area contributed by atoms with E-state index in [2.05, 4.69) is 9.72 Å². The van der Waals surface area contributed by atoms with Gasteiger partial charge in [0.1, 0.15) is 11.5 Å². The predicted octanol–water partition coefficient (Wildman–Crippen LogP) is 3.43. The van der Waals surface area contributed by atoms with Crippen molar-refractivity contribution < 1.29 is 27.1 Å². The summed E-state index contributed by atoms with van der Waals surface area (Å²) in [5, 5.41) is 0.0328. The van der Waals surface area contributed by atoms with Crippen LogP contribution >= 0.6 is 0 Å². The smallest absolute Gasteiger partial charge is 0.431 e. The van der Waals surface area contributed by atoms with Crippen molar-refractivity contribution in [2.24, 2.45) is 0 Å². The molecule has 2 aromatic rings. The second-order valence-corrected chi connectivity index (χ2v) is 4.15. The summed E-state index contributed by atoms with van der Waals surface area (Å²) in [6, 6.07) is 3.22. The van der Waals surface area contributed by atoms with E-state index < -0.39 is 30.1 Å². The molecule has 1 N–H and O–H groups in total. The normalized spacial score (nSPS) is 11.8. The number of alkyl halides is 3. The van der Waals surface area contributed by atoms with Crippen LogP contribution in [-0.2, 0) is 22.1 Å². The molecular formula is C13H11F4NO2. The highest BCUT2D eigenvalue weighted by molar-refractivity contribution is 5.89.